The van der Waals surface area contributed by atoms with Gasteiger partial charge in [-0.15, -0.1) is 0 Å². The van der Waals surface area contributed by atoms with E-state index in [1.165, 1.54) is 0 Å². The normalized spacial score (nSPS) is 10.6. The van der Waals surface area contributed by atoms with E-state index in [0.29, 0.717) is 0 Å². The zero-order valence-electron chi connectivity index (χ0n) is 6.68. The van der Waals surface area contributed by atoms with Crippen LogP contribution in [-0.4, -0.2) is 13.7 Å². The molecule has 0 aliphatic carbocycles. The molecule has 0 atom stereocenters. The number of rotatable bonds is 5. The molecule has 58 valence electrons. The first-order valence-corrected chi connectivity index (χ1v) is 3.37. The first kappa shape index (κ1) is 9.40. The largest absolute Gasteiger partial charge is 0.305 e. The summed E-state index contributed by atoms with van der Waals surface area (Å²) in [6.07, 6.45) is 4.91. The van der Waals surface area contributed by atoms with Crippen LogP contribution in [-0.2, 0) is 4.84 Å². The Morgan fingerprint density at radius 2 is 2.40 bits per heavy atom. The molecule has 2 heteroatoms. The van der Waals surface area contributed by atoms with E-state index in [4.69, 9.17) is 0 Å². The van der Waals surface area contributed by atoms with Gasteiger partial charge in [0, 0.05) is 6.54 Å². The Kier molecular flexibility index (Phi) is 6.13. The van der Waals surface area contributed by atoms with Crippen molar-refractivity contribution in [1.82, 2.24) is 5.48 Å². The van der Waals surface area contributed by atoms with Crippen molar-refractivity contribution < 1.29 is 4.84 Å². The first-order chi connectivity index (χ1) is 4.81. The summed E-state index contributed by atoms with van der Waals surface area (Å²) >= 11 is 0. The van der Waals surface area contributed by atoms with E-state index in [-0.39, 0.29) is 0 Å². The van der Waals surface area contributed by atoms with Crippen LogP contribution in [0.4, 0.5) is 0 Å². The minimum Gasteiger partial charge on any atom is -0.305 e. The van der Waals surface area contributed by atoms with Crippen LogP contribution in [0.15, 0.2) is 24.3 Å². The zero-order chi connectivity index (χ0) is 7.82. The van der Waals surface area contributed by atoms with Gasteiger partial charge in [0.25, 0.3) is 0 Å². The van der Waals surface area contributed by atoms with Crippen molar-refractivity contribution in [2.24, 2.45) is 0 Å². The van der Waals surface area contributed by atoms with Crippen molar-refractivity contribution in [3.63, 3.8) is 0 Å². The summed E-state index contributed by atoms with van der Waals surface area (Å²) in [6, 6.07) is 0. The highest BCUT2D eigenvalue weighted by Gasteiger charge is 1.86. The van der Waals surface area contributed by atoms with E-state index >= 15 is 0 Å². The van der Waals surface area contributed by atoms with Gasteiger partial charge in [-0.05, 0) is 13.3 Å². The summed E-state index contributed by atoms with van der Waals surface area (Å²) in [4.78, 5) is 4.66. The highest BCUT2D eigenvalue weighted by atomic mass is 16.6. The van der Waals surface area contributed by atoms with Crippen LogP contribution in [0.2, 0.25) is 0 Å². The van der Waals surface area contributed by atoms with Gasteiger partial charge < -0.3 is 4.84 Å². The fourth-order valence-corrected chi connectivity index (χ4v) is 0.633. The number of allylic oxidation sites excluding steroid dienone is 2. The van der Waals surface area contributed by atoms with Gasteiger partial charge in [0.1, 0.15) is 0 Å². The van der Waals surface area contributed by atoms with Crippen LogP contribution in [0.25, 0.3) is 0 Å². The Labute approximate surface area is 62.5 Å². The molecular formula is C8H15NO. The second kappa shape index (κ2) is 6.52. The molecular weight excluding hydrogens is 126 g/mol. The zero-order valence-corrected chi connectivity index (χ0v) is 6.68. The van der Waals surface area contributed by atoms with Crippen molar-refractivity contribution in [3.05, 3.63) is 24.3 Å². The topological polar surface area (TPSA) is 21.3 Å². The van der Waals surface area contributed by atoms with Gasteiger partial charge in [-0.3, -0.25) is 0 Å². The predicted octanol–water partition coefficient (Wildman–Crippen LogP) is 1.66. The molecule has 0 heterocycles. The molecule has 0 fully saturated rings. The van der Waals surface area contributed by atoms with Crippen molar-refractivity contribution in [2.45, 2.75) is 13.3 Å². The lowest BCUT2D eigenvalue weighted by molar-refractivity contribution is 0.0929. The van der Waals surface area contributed by atoms with E-state index < -0.39 is 0 Å². The molecule has 0 unspecified atom stereocenters. The number of hydrogen-bond acceptors (Lipinski definition) is 2. The molecule has 0 rings (SSSR count). The van der Waals surface area contributed by atoms with E-state index in [9.17, 15) is 0 Å². The maximum absolute atomic E-state index is 4.66. The van der Waals surface area contributed by atoms with Gasteiger partial charge in [-0.2, -0.15) is 0 Å². The molecule has 0 aromatic heterocycles. The van der Waals surface area contributed by atoms with Crippen LogP contribution in [0.5, 0.6) is 0 Å². The van der Waals surface area contributed by atoms with Gasteiger partial charge in [-0.25, -0.2) is 5.48 Å². The van der Waals surface area contributed by atoms with Crippen molar-refractivity contribution in [1.29, 1.82) is 0 Å². The third-order valence-corrected chi connectivity index (χ3v) is 1.09. The average Bonchev–Trinajstić information content (AvgIpc) is 1.89. The van der Waals surface area contributed by atoms with E-state index in [1.807, 2.05) is 19.1 Å². The smallest absolute Gasteiger partial charge is 0.0572 e. The van der Waals surface area contributed by atoms with Crippen LogP contribution < -0.4 is 5.48 Å². The first-order valence-electron chi connectivity index (χ1n) is 3.37. The Hall–Kier alpha value is -0.600. The summed E-state index contributed by atoms with van der Waals surface area (Å²) in [5.41, 5.74) is 3.86. The van der Waals surface area contributed by atoms with Crippen LogP contribution in [0, 0.1) is 0 Å². The fraction of sp³-hybridized carbons (Fsp3) is 0.500. The maximum atomic E-state index is 4.66. The van der Waals surface area contributed by atoms with Crippen molar-refractivity contribution in [3.8, 4) is 0 Å². The molecule has 0 saturated carbocycles. The quantitative estimate of drug-likeness (QED) is 0.357. The van der Waals surface area contributed by atoms with Gasteiger partial charge in [0.2, 0.25) is 0 Å². The van der Waals surface area contributed by atoms with Crippen molar-refractivity contribution >= 4 is 0 Å². The Bertz CT molecular complexity index is 118. The summed E-state index contributed by atoms with van der Waals surface area (Å²) in [5, 5.41) is 0. The summed E-state index contributed by atoms with van der Waals surface area (Å²) < 4.78 is 0. The monoisotopic (exact) mass is 141 g/mol. The summed E-state index contributed by atoms with van der Waals surface area (Å²) in [7, 11) is 1.61. The van der Waals surface area contributed by atoms with E-state index in [2.05, 4.69) is 16.9 Å². The molecule has 0 aliphatic heterocycles. The third kappa shape index (κ3) is 5.54. The number of hydroxylamine groups is 1. The molecule has 0 aromatic carbocycles. The Morgan fingerprint density at radius 1 is 1.70 bits per heavy atom. The molecule has 0 aromatic rings. The lowest BCUT2D eigenvalue weighted by atomic mass is 10.2. The lowest BCUT2D eigenvalue weighted by Gasteiger charge is -1.99. The molecule has 0 amide bonds. The maximum Gasteiger partial charge on any atom is 0.0572 e. The minimum absolute atomic E-state index is 0.819. The van der Waals surface area contributed by atoms with Gasteiger partial charge in [0.05, 0.1) is 7.11 Å². The Balaban J connectivity index is 3.22. The van der Waals surface area contributed by atoms with E-state index in [1.54, 1.807) is 7.11 Å². The second-order valence-electron chi connectivity index (χ2n) is 2.01. The molecule has 0 radical (unpaired) electrons. The lowest BCUT2D eigenvalue weighted by Crippen LogP contribution is -2.12. The molecule has 10 heavy (non-hydrogen) atoms. The van der Waals surface area contributed by atoms with Gasteiger partial charge >= 0.3 is 0 Å². The highest BCUT2D eigenvalue weighted by Crippen LogP contribution is 1.97. The fourth-order valence-electron chi connectivity index (χ4n) is 0.633. The number of nitrogens with one attached hydrogen (secondary N) is 1. The molecule has 0 aliphatic rings. The second-order valence-corrected chi connectivity index (χ2v) is 2.01. The third-order valence-electron chi connectivity index (χ3n) is 1.09. The SMILES string of the molecule is C=C(/C=C\C)CCNOC. The van der Waals surface area contributed by atoms with Crippen LogP contribution in [0.1, 0.15) is 13.3 Å². The summed E-state index contributed by atoms with van der Waals surface area (Å²) in [6.45, 7) is 6.63. The van der Waals surface area contributed by atoms with Crippen molar-refractivity contribution in [2.75, 3.05) is 13.7 Å². The molecule has 1 N–H and O–H groups in total. The average molecular weight is 141 g/mol. The molecule has 0 bridgehead atoms. The minimum atomic E-state index is 0.819. The number of hydrogen-bond donors (Lipinski definition) is 1. The molecule has 2 nitrogen and oxygen atoms in total. The Morgan fingerprint density at radius 3 is 2.90 bits per heavy atom. The van der Waals surface area contributed by atoms with Crippen LogP contribution >= 0.6 is 0 Å². The van der Waals surface area contributed by atoms with E-state index in [0.717, 1.165) is 18.5 Å². The van der Waals surface area contributed by atoms with Crippen LogP contribution in [0.3, 0.4) is 0 Å². The summed E-state index contributed by atoms with van der Waals surface area (Å²) in [5.74, 6) is 0. The predicted molar refractivity (Wildman–Crippen MR) is 43.6 cm³/mol. The molecule has 0 spiro atoms. The molecule has 0 saturated heterocycles. The standard InChI is InChI=1S/C8H15NO/c1-4-5-8(2)6-7-9-10-3/h4-5,9H,2,6-7H2,1,3H3/b5-4-. The van der Waals surface area contributed by atoms with Gasteiger partial charge in [-0.1, -0.05) is 24.3 Å². The van der Waals surface area contributed by atoms with Gasteiger partial charge in [0.15, 0.2) is 0 Å². The highest BCUT2D eigenvalue weighted by molar-refractivity contribution is 5.13.